The van der Waals surface area contributed by atoms with Crippen LogP contribution < -0.4 is 16.2 Å². The molecule has 4 aromatic rings. The van der Waals surface area contributed by atoms with E-state index in [4.69, 9.17) is 4.98 Å². The van der Waals surface area contributed by atoms with E-state index in [9.17, 15) is 10.1 Å². The number of aromatic nitrogens is 4. The number of nitrogens with one attached hydrogen (secondary N) is 2. The minimum atomic E-state index is -0.381. The molecule has 2 aromatic carbocycles. The summed E-state index contributed by atoms with van der Waals surface area (Å²) in [5, 5.41) is 16.6. The van der Waals surface area contributed by atoms with Crippen LogP contribution in [0.2, 0.25) is 0 Å². The van der Waals surface area contributed by atoms with E-state index in [1.807, 2.05) is 62.4 Å². The summed E-state index contributed by atoms with van der Waals surface area (Å²) in [6.45, 7) is 5.68. The molecule has 0 fully saturated rings. The fraction of sp³-hybridized carbons (Fsp3) is 0.240. The molecule has 1 atom stereocenters. The number of hydrogen-bond donors (Lipinski definition) is 2. The highest BCUT2D eigenvalue weighted by atomic mass is 16.1. The molecule has 2 heterocycles. The smallest absolute Gasteiger partial charge is 0.266 e. The van der Waals surface area contributed by atoms with Gasteiger partial charge in [-0.3, -0.25) is 9.36 Å². The number of nitriles is 1. The molecule has 0 radical (unpaired) electrons. The lowest BCUT2D eigenvalue weighted by Gasteiger charge is -2.23. The lowest BCUT2D eigenvalue weighted by molar-refractivity contribution is 0.658. The summed E-state index contributed by atoms with van der Waals surface area (Å²) in [6, 6.07) is 16.9. The summed E-state index contributed by atoms with van der Waals surface area (Å²) in [5.41, 5.74) is 3.03. The Labute approximate surface area is 192 Å². The van der Waals surface area contributed by atoms with Crippen molar-refractivity contribution in [3.63, 3.8) is 0 Å². The second kappa shape index (κ2) is 9.09. The Kier molecular flexibility index (Phi) is 6.05. The molecule has 0 bridgehead atoms. The van der Waals surface area contributed by atoms with Crippen molar-refractivity contribution in [1.82, 2.24) is 19.5 Å². The van der Waals surface area contributed by atoms with Gasteiger partial charge in [-0.15, -0.1) is 0 Å². The molecule has 0 amide bonds. The predicted molar refractivity (Wildman–Crippen MR) is 130 cm³/mol. The van der Waals surface area contributed by atoms with Gasteiger partial charge < -0.3 is 10.6 Å². The van der Waals surface area contributed by atoms with E-state index in [2.05, 4.69) is 26.7 Å². The Balaban J connectivity index is 1.96. The van der Waals surface area contributed by atoms with Crippen LogP contribution in [0.5, 0.6) is 0 Å². The Morgan fingerprint density at radius 2 is 1.82 bits per heavy atom. The van der Waals surface area contributed by atoms with Crippen LogP contribution in [0.3, 0.4) is 0 Å². The van der Waals surface area contributed by atoms with Gasteiger partial charge in [0.15, 0.2) is 0 Å². The van der Waals surface area contributed by atoms with Crippen molar-refractivity contribution in [2.24, 2.45) is 0 Å². The molecule has 166 valence electrons. The molecule has 0 aliphatic carbocycles. The fourth-order valence-corrected chi connectivity index (χ4v) is 3.91. The Bertz CT molecular complexity index is 1420. The molecule has 2 N–H and O–H groups in total. The van der Waals surface area contributed by atoms with E-state index in [1.54, 1.807) is 18.5 Å². The molecule has 0 aliphatic rings. The first-order valence-corrected chi connectivity index (χ1v) is 10.8. The molecular weight excluding hydrogens is 414 g/mol. The Hall–Kier alpha value is -4.25. The zero-order valence-electron chi connectivity index (χ0n) is 19.0. The third-order valence-corrected chi connectivity index (χ3v) is 5.60. The number of para-hydroxylation sites is 1. The largest absolute Gasteiger partial charge is 0.359 e. The molecule has 1 unspecified atom stereocenters. The predicted octanol–water partition coefficient (Wildman–Crippen LogP) is 4.27. The van der Waals surface area contributed by atoms with Crippen LogP contribution >= 0.6 is 0 Å². The maximum absolute atomic E-state index is 13.7. The molecular formula is C25H25N7O. The Morgan fingerprint density at radius 1 is 1.06 bits per heavy atom. The first kappa shape index (κ1) is 22.0. The van der Waals surface area contributed by atoms with Gasteiger partial charge in [-0.2, -0.15) is 10.2 Å². The van der Waals surface area contributed by atoms with E-state index in [0.29, 0.717) is 46.2 Å². The second-order valence-corrected chi connectivity index (χ2v) is 7.74. The van der Waals surface area contributed by atoms with Crippen LogP contribution in [0.25, 0.3) is 16.6 Å². The van der Waals surface area contributed by atoms with Crippen molar-refractivity contribution in [2.75, 3.05) is 17.7 Å². The molecule has 0 aliphatic heterocycles. The topological polar surface area (TPSA) is 109 Å². The van der Waals surface area contributed by atoms with Gasteiger partial charge >= 0.3 is 0 Å². The van der Waals surface area contributed by atoms with Gasteiger partial charge in [0.1, 0.15) is 23.3 Å². The maximum atomic E-state index is 13.7. The monoisotopic (exact) mass is 439 g/mol. The molecule has 4 rings (SSSR count). The SMILES string of the molecule is CCC(Nc1nc(NC)nc(C)c1C#N)c1nc2cccc(C)c2c(=O)n1-c1ccccc1. The number of nitrogens with zero attached hydrogens (tertiary/aromatic N) is 5. The molecule has 8 heteroatoms. The molecule has 0 spiro atoms. The summed E-state index contributed by atoms with van der Waals surface area (Å²) in [7, 11) is 1.72. The highest BCUT2D eigenvalue weighted by Gasteiger charge is 2.23. The van der Waals surface area contributed by atoms with E-state index in [1.165, 1.54) is 0 Å². The minimum absolute atomic E-state index is 0.130. The third-order valence-electron chi connectivity index (χ3n) is 5.60. The highest BCUT2D eigenvalue weighted by molar-refractivity contribution is 5.81. The van der Waals surface area contributed by atoms with Crippen LogP contribution in [-0.4, -0.2) is 26.6 Å². The molecule has 2 aromatic heterocycles. The number of fused-ring (bicyclic) bond motifs is 1. The summed E-state index contributed by atoms with van der Waals surface area (Å²) < 4.78 is 1.65. The highest BCUT2D eigenvalue weighted by Crippen LogP contribution is 2.27. The average molecular weight is 440 g/mol. The number of anilines is 2. The first-order chi connectivity index (χ1) is 16.0. The van der Waals surface area contributed by atoms with E-state index in [-0.39, 0.29) is 11.6 Å². The van der Waals surface area contributed by atoms with Crippen molar-refractivity contribution in [3.8, 4) is 11.8 Å². The molecule has 0 saturated heterocycles. The van der Waals surface area contributed by atoms with Gasteiger partial charge in [0.05, 0.1) is 28.3 Å². The fourth-order valence-electron chi connectivity index (χ4n) is 3.91. The standard InChI is InChI=1S/C25H25N7O/c1-5-19(29-22-18(14-26)16(3)28-25(27-4)31-22)23-30-20-13-9-10-15(2)21(20)24(33)32(23)17-11-7-6-8-12-17/h6-13,19H,5H2,1-4H3,(H2,27,28,29,31). The zero-order valence-corrected chi connectivity index (χ0v) is 19.0. The van der Waals surface area contributed by atoms with Gasteiger partial charge in [-0.1, -0.05) is 37.3 Å². The van der Waals surface area contributed by atoms with Crippen LogP contribution in [-0.2, 0) is 0 Å². The van der Waals surface area contributed by atoms with Crippen molar-refractivity contribution in [2.45, 2.75) is 33.2 Å². The van der Waals surface area contributed by atoms with E-state index >= 15 is 0 Å². The lowest BCUT2D eigenvalue weighted by atomic mass is 10.1. The normalized spacial score (nSPS) is 11.7. The van der Waals surface area contributed by atoms with Gasteiger partial charge in [0, 0.05) is 7.05 Å². The minimum Gasteiger partial charge on any atom is -0.359 e. The molecule has 0 saturated carbocycles. The van der Waals surface area contributed by atoms with Crippen LogP contribution in [0.15, 0.2) is 53.3 Å². The van der Waals surface area contributed by atoms with Crippen molar-refractivity contribution in [1.29, 1.82) is 5.26 Å². The first-order valence-electron chi connectivity index (χ1n) is 10.8. The summed E-state index contributed by atoms with van der Waals surface area (Å²) in [4.78, 5) is 27.4. The van der Waals surface area contributed by atoms with Crippen molar-refractivity contribution >= 4 is 22.7 Å². The summed E-state index contributed by atoms with van der Waals surface area (Å²) in [6.07, 6.45) is 0.611. The second-order valence-electron chi connectivity index (χ2n) is 7.74. The third kappa shape index (κ3) is 4.01. The van der Waals surface area contributed by atoms with Gasteiger partial charge in [0.25, 0.3) is 5.56 Å². The summed E-state index contributed by atoms with van der Waals surface area (Å²) >= 11 is 0. The van der Waals surface area contributed by atoms with Crippen molar-refractivity contribution in [3.05, 3.63) is 81.5 Å². The quantitative estimate of drug-likeness (QED) is 0.462. The number of benzene rings is 2. The number of aryl methyl sites for hydroxylation is 2. The van der Waals surface area contributed by atoms with Crippen molar-refractivity contribution < 1.29 is 0 Å². The summed E-state index contributed by atoms with van der Waals surface area (Å²) in [5.74, 6) is 1.36. The van der Waals surface area contributed by atoms with Crippen LogP contribution in [0.1, 0.15) is 42.0 Å². The van der Waals surface area contributed by atoms with Gasteiger partial charge in [-0.25, -0.2) is 9.97 Å². The number of hydrogen-bond acceptors (Lipinski definition) is 7. The van der Waals surface area contributed by atoms with E-state index in [0.717, 1.165) is 11.3 Å². The average Bonchev–Trinajstić information content (AvgIpc) is 2.82. The molecule has 33 heavy (non-hydrogen) atoms. The lowest BCUT2D eigenvalue weighted by Crippen LogP contribution is -2.29. The maximum Gasteiger partial charge on any atom is 0.266 e. The van der Waals surface area contributed by atoms with E-state index < -0.39 is 0 Å². The van der Waals surface area contributed by atoms with Crippen LogP contribution in [0, 0.1) is 25.2 Å². The Morgan fingerprint density at radius 3 is 2.48 bits per heavy atom. The van der Waals surface area contributed by atoms with Crippen LogP contribution in [0.4, 0.5) is 11.8 Å². The number of rotatable bonds is 6. The van der Waals surface area contributed by atoms with Gasteiger partial charge in [-0.05, 0) is 44.0 Å². The van der Waals surface area contributed by atoms with Gasteiger partial charge in [0.2, 0.25) is 5.95 Å². The molecule has 8 nitrogen and oxygen atoms in total. The zero-order chi connectivity index (χ0) is 23.5.